The monoisotopic (exact) mass is 276 g/mol. The zero-order chi connectivity index (χ0) is 13.7. The Bertz CT molecular complexity index is 552. The number of rotatable bonds is 4. The lowest BCUT2D eigenvalue weighted by atomic mass is 10.3. The van der Waals surface area contributed by atoms with Crippen LogP contribution in [0.1, 0.15) is 12.0 Å². The topological polar surface area (TPSA) is 45.9 Å². The van der Waals surface area contributed by atoms with Gasteiger partial charge in [-0.3, -0.25) is 4.79 Å². The van der Waals surface area contributed by atoms with E-state index >= 15 is 0 Å². The van der Waals surface area contributed by atoms with Gasteiger partial charge in [0.05, 0.1) is 11.4 Å². The van der Waals surface area contributed by atoms with Crippen molar-refractivity contribution in [2.75, 3.05) is 5.32 Å². The van der Waals surface area contributed by atoms with Crippen LogP contribution in [0.3, 0.4) is 0 Å². The summed E-state index contributed by atoms with van der Waals surface area (Å²) in [5, 5.41) is 3.28. The number of aromatic nitrogens is 2. The molecule has 0 spiro atoms. The summed E-state index contributed by atoms with van der Waals surface area (Å²) in [6.07, 6.45) is 5.83. The smallest absolute Gasteiger partial charge is 0.231 e. The first-order chi connectivity index (χ1) is 9.13. The molecule has 0 aromatic carbocycles. The van der Waals surface area contributed by atoms with Crippen LogP contribution < -0.4 is 9.88 Å². The molecule has 0 aliphatic heterocycles. The van der Waals surface area contributed by atoms with Gasteiger partial charge in [0.1, 0.15) is 5.82 Å². The van der Waals surface area contributed by atoms with E-state index in [1.54, 1.807) is 12.1 Å². The minimum absolute atomic E-state index is 0.0668. The van der Waals surface area contributed by atoms with E-state index in [-0.39, 0.29) is 5.91 Å². The van der Waals surface area contributed by atoms with Gasteiger partial charge < -0.3 is 5.32 Å². The molecule has 98 valence electrons. The fourth-order valence-electron chi connectivity index (χ4n) is 1.57. The van der Waals surface area contributed by atoms with Crippen LogP contribution in [0, 0.1) is 6.92 Å². The summed E-state index contributed by atoms with van der Waals surface area (Å²) in [4.78, 5) is 15.8. The van der Waals surface area contributed by atoms with Gasteiger partial charge in [-0.05, 0) is 24.6 Å². The minimum atomic E-state index is -0.0668. The van der Waals surface area contributed by atoms with E-state index < -0.39 is 0 Å². The fraction of sp³-hybridized carbons (Fsp3) is 0.214. The number of nitrogens with zero attached hydrogens (tertiary/aromatic N) is 2. The lowest BCUT2D eigenvalue weighted by Crippen LogP contribution is -2.34. The van der Waals surface area contributed by atoms with Crippen molar-refractivity contribution in [3.8, 4) is 0 Å². The van der Waals surface area contributed by atoms with Crippen LogP contribution in [0.2, 0.25) is 5.02 Å². The number of amides is 1. The van der Waals surface area contributed by atoms with Crippen molar-refractivity contribution in [2.45, 2.75) is 19.9 Å². The van der Waals surface area contributed by atoms with Gasteiger partial charge in [-0.25, -0.2) is 9.55 Å². The Morgan fingerprint density at radius 2 is 2.05 bits per heavy atom. The number of carbonyl (C=O) groups excluding carboxylic acids is 1. The second kappa shape index (κ2) is 6.29. The Kier molecular flexibility index (Phi) is 4.47. The molecule has 0 aliphatic rings. The highest BCUT2D eigenvalue weighted by molar-refractivity contribution is 6.30. The lowest BCUT2D eigenvalue weighted by Gasteiger charge is -2.02. The van der Waals surface area contributed by atoms with Gasteiger partial charge in [-0.1, -0.05) is 11.6 Å². The van der Waals surface area contributed by atoms with Gasteiger partial charge >= 0.3 is 0 Å². The molecule has 0 aliphatic carbocycles. The molecule has 0 radical (unpaired) electrons. The van der Waals surface area contributed by atoms with E-state index in [9.17, 15) is 4.79 Å². The normalized spacial score (nSPS) is 10.2. The Morgan fingerprint density at radius 1 is 1.32 bits per heavy atom. The van der Waals surface area contributed by atoms with Crippen molar-refractivity contribution in [2.24, 2.45) is 0 Å². The Hall–Kier alpha value is -1.94. The first-order valence-corrected chi connectivity index (χ1v) is 6.38. The highest BCUT2D eigenvalue weighted by Crippen LogP contribution is 2.09. The second-order valence-electron chi connectivity index (χ2n) is 4.27. The molecule has 0 saturated carbocycles. The summed E-state index contributed by atoms with van der Waals surface area (Å²) in [6, 6.07) is 7.40. The number of aryl methyl sites for hydroxylation is 2. The molecule has 2 aromatic heterocycles. The molecule has 0 saturated heterocycles. The largest absolute Gasteiger partial charge is 0.310 e. The van der Waals surface area contributed by atoms with Gasteiger partial charge in [0.2, 0.25) is 5.91 Å². The average molecular weight is 277 g/mol. The van der Waals surface area contributed by atoms with E-state index in [0.717, 1.165) is 0 Å². The maximum absolute atomic E-state index is 11.7. The van der Waals surface area contributed by atoms with E-state index in [2.05, 4.69) is 10.3 Å². The van der Waals surface area contributed by atoms with E-state index in [1.165, 1.54) is 11.8 Å². The Balaban J connectivity index is 1.84. The number of hydrogen-bond donors (Lipinski definition) is 1. The van der Waals surface area contributed by atoms with Crippen molar-refractivity contribution in [3.63, 3.8) is 0 Å². The molecule has 0 atom stereocenters. The van der Waals surface area contributed by atoms with Crippen LogP contribution in [0.15, 0.2) is 42.9 Å². The third kappa shape index (κ3) is 4.34. The number of hydrogen-bond acceptors (Lipinski definition) is 2. The molecule has 19 heavy (non-hydrogen) atoms. The summed E-state index contributed by atoms with van der Waals surface area (Å²) in [5.41, 5.74) is 1.20. The molecule has 5 heteroatoms. The van der Waals surface area contributed by atoms with Gasteiger partial charge in [-0.2, -0.15) is 0 Å². The molecule has 4 nitrogen and oxygen atoms in total. The van der Waals surface area contributed by atoms with Crippen LogP contribution in [-0.4, -0.2) is 10.9 Å². The molecule has 0 unspecified atom stereocenters. The summed E-state index contributed by atoms with van der Waals surface area (Å²) < 4.78 is 1.97. The predicted octanol–water partition coefficient (Wildman–Crippen LogP) is 2.36. The van der Waals surface area contributed by atoms with Gasteiger partial charge in [-0.15, -0.1) is 0 Å². The molecule has 1 N–H and O–H groups in total. The van der Waals surface area contributed by atoms with Crippen LogP contribution in [0.25, 0.3) is 0 Å². The molecule has 0 bridgehead atoms. The summed E-state index contributed by atoms with van der Waals surface area (Å²) in [7, 11) is 0. The molecule has 1 amide bonds. The van der Waals surface area contributed by atoms with Crippen molar-refractivity contribution in [1.82, 2.24) is 4.98 Å². The zero-order valence-electron chi connectivity index (χ0n) is 10.6. The number of halogens is 1. The van der Waals surface area contributed by atoms with Crippen molar-refractivity contribution < 1.29 is 9.36 Å². The molecular weight excluding hydrogens is 262 g/mol. The third-order valence-electron chi connectivity index (χ3n) is 2.65. The van der Waals surface area contributed by atoms with E-state index in [0.29, 0.717) is 23.8 Å². The van der Waals surface area contributed by atoms with Gasteiger partial charge in [0, 0.05) is 18.3 Å². The predicted molar refractivity (Wildman–Crippen MR) is 73.9 cm³/mol. The van der Waals surface area contributed by atoms with Crippen LogP contribution in [0.4, 0.5) is 5.82 Å². The first-order valence-electron chi connectivity index (χ1n) is 6.00. The Morgan fingerprint density at radius 3 is 2.68 bits per heavy atom. The number of carbonyl (C=O) groups is 1. The van der Waals surface area contributed by atoms with Crippen LogP contribution in [-0.2, 0) is 11.3 Å². The minimum Gasteiger partial charge on any atom is -0.310 e. The quantitative estimate of drug-likeness (QED) is 0.872. The fourth-order valence-corrected chi connectivity index (χ4v) is 1.68. The SMILES string of the molecule is Cc1cc[n+](CCC(=O)Nc2ccc(Cl)cn2)cc1. The summed E-state index contributed by atoms with van der Waals surface area (Å²) >= 11 is 5.72. The highest BCUT2D eigenvalue weighted by Gasteiger charge is 2.07. The van der Waals surface area contributed by atoms with Crippen LogP contribution >= 0.6 is 11.6 Å². The summed E-state index contributed by atoms with van der Waals surface area (Å²) in [6.45, 7) is 2.67. The van der Waals surface area contributed by atoms with Crippen molar-refractivity contribution >= 4 is 23.3 Å². The molecule has 2 heterocycles. The standard InChI is InChI=1S/C14H14ClN3O/c1-11-4-7-18(8-5-11)9-6-14(19)17-13-3-2-12(15)10-16-13/h2-5,7-8,10H,6,9H2,1H3/p+1. The average Bonchev–Trinajstić information content (AvgIpc) is 2.41. The molecule has 0 fully saturated rings. The highest BCUT2D eigenvalue weighted by atomic mass is 35.5. The molecular formula is C14H15ClN3O+. The van der Waals surface area contributed by atoms with Gasteiger partial charge in [0.15, 0.2) is 18.9 Å². The molecule has 2 aromatic rings. The van der Waals surface area contributed by atoms with Crippen molar-refractivity contribution in [3.05, 3.63) is 53.4 Å². The van der Waals surface area contributed by atoms with Crippen LogP contribution in [0.5, 0.6) is 0 Å². The maximum Gasteiger partial charge on any atom is 0.231 e. The Labute approximate surface area is 117 Å². The number of pyridine rings is 2. The number of anilines is 1. The summed E-state index contributed by atoms with van der Waals surface area (Å²) in [5.74, 6) is 0.450. The first kappa shape index (κ1) is 13.5. The zero-order valence-corrected chi connectivity index (χ0v) is 11.4. The maximum atomic E-state index is 11.7. The van der Waals surface area contributed by atoms with E-state index in [4.69, 9.17) is 11.6 Å². The van der Waals surface area contributed by atoms with Crippen molar-refractivity contribution in [1.29, 1.82) is 0 Å². The molecule has 2 rings (SSSR count). The third-order valence-corrected chi connectivity index (χ3v) is 2.87. The number of nitrogens with one attached hydrogen (secondary N) is 1. The van der Waals surface area contributed by atoms with Gasteiger partial charge in [0.25, 0.3) is 0 Å². The lowest BCUT2D eigenvalue weighted by molar-refractivity contribution is -0.695. The van der Waals surface area contributed by atoms with E-state index in [1.807, 2.05) is 36.0 Å². The second-order valence-corrected chi connectivity index (χ2v) is 4.71.